The number of nitrogens with zero attached hydrogens (tertiary/aromatic N) is 1. The Morgan fingerprint density at radius 1 is 1.64 bits per heavy atom. The predicted octanol–water partition coefficient (Wildman–Crippen LogP) is 1.56. The van der Waals surface area contributed by atoms with Crippen LogP contribution < -0.4 is 5.32 Å². The van der Waals surface area contributed by atoms with Gasteiger partial charge in [0.2, 0.25) is 0 Å². The molecule has 62 valence electrons. The highest BCUT2D eigenvalue weighted by molar-refractivity contribution is 4.98. The van der Waals surface area contributed by atoms with Crippen molar-refractivity contribution in [3.63, 3.8) is 0 Å². The van der Waals surface area contributed by atoms with Crippen LogP contribution in [0.5, 0.6) is 0 Å². The zero-order valence-corrected chi connectivity index (χ0v) is 6.84. The summed E-state index contributed by atoms with van der Waals surface area (Å²) in [5.74, 6) is 0. The summed E-state index contributed by atoms with van der Waals surface area (Å²) in [7, 11) is 0. The van der Waals surface area contributed by atoms with Gasteiger partial charge >= 0.3 is 0 Å². The average molecular weight is 154 g/mol. The maximum absolute atomic E-state index is 4.68. The zero-order valence-electron chi connectivity index (χ0n) is 6.84. The molecule has 1 aromatic rings. The van der Waals surface area contributed by atoms with E-state index in [9.17, 15) is 0 Å². The summed E-state index contributed by atoms with van der Waals surface area (Å²) in [6.45, 7) is 4.12. The van der Waals surface area contributed by atoms with E-state index >= 15 is 0 Å². The highest BCUT2D eigenvalue weighted by atomic mass is 16.5. The Bertz CT molecular complexity index is 172. The molecule has 0 aliphatic heterocycles. The normalized spacial score (nSPS) is 10.3. The fraction of sp³-hybridized carbons (Fsp3) is 0.625. The van der Waals surface area contributed by atoms with Gasteiger partial charge in [0.1, 0.15) is 6.26 Å². The van der Waals surface area contributed by atoms with Gasteiger partial charge in [-0.3, -0.25) is 0 Å². The standard InChI is InChI=1S/C8H14N2O/c1-2-3-4-9-5-8-6-10-11-7-8/h6-7,9H,2-5H2,1H3. The summed E-state index contributed by atoms with van der Waals surface area (Å²) in [6, 6.07) is 0. The van der Waals surface area contributed by atoms with Gasteiger partial charge in [0.25, 0.3) is 0 Å². The second kappa shape index (κ2) is 4.91. The molecule has 0 atom stereocenters. The molecule has 1 rings (SSSR count). The predicted molar refractivity (Wildman–Crippen MR) is 43.1 cm³/mol. The highest BCUT2D eigenvalue weighted by Gasteiger charge is 1.92. The lowest BCUT2D eigenvalue weighted by molar-refractivity contribution is 0.418. The van der Waals surface area contributed by atoms with E-state index in [1.165, 1.54) is 12.8 Å². The monoisotopic (exact) mass is 154 g/mol. The first-order valence-corrected chi connectivity index (χ1v) is 4.02. The van der Waals surface area contributed by atoms with Crippen LogP contribution in [0, 0.1) is 0 Å². The first kappa shape index (κ1) is 8.27. The second-order valence-electron chi connectivity index (χ2n) is 2.56. The molecule has 0 aliphatic carbocycles. The van der Waals surface area contributed by atoms with Crippen LogP contribution in [-0.4, -0.2) is 11.7 Å². The molecule has 0 radical (unpaired) electrons. The third kappa shape index (κ3) is 3.18. The fourth-order valence-corrected chi connectivity index (χ4v) is 0.848. The molecule has 1 aromatic heterocycles. The minimum Gasteiger partial charge on any atom is -0.364 e. The molecule has 1 heterocycles. The van der Waals surface area contributed by atoms with Crippen LogP contribution in [0.4, 0.5) is 0 Å². The number of unbranched alkanes of at least 4 members (excludes halogenated alkanes) is 1. The van der Waals surface area contributed by atoms with Crippen molar-refractivity contribution in [2.75, 3.05) is 6.54 Å². The molecule has 0 bridgehead atoms. The molecule has 3 nitrogen and oxygen atoms in total. The van der Waals surface area contributed by atoms with Crippen molar-refractivity contribution in [2.24, 2.45) is 0 Å². The maximum Gasteiger partial charge on any atom is 0.128 e. The van der Waals surface area contributed by atoms with Gasteiger partial charge in [-0.05, 0) is 13.0 Å². The molecule has 11 heavy (non-hydrogen) atoms. The fourth-order valence-electron chi connectivity index (χ4n) is 0.848. The minimum atomic E-state index is 0.865. The smallest absolute Gasteiger partial charge is 0.128 e. The minimum absolute atomic E-state index is 0.865. The number of aromatic nitrogens is 1. The van der Waals surface area contributed by atoms with E-state index in [-0.39, 0.29) is 0 Å². The van der Waals surface area contributed by atoms with Crippen LogP contribution in [0.3, 0.4) is 0 Å². The molecule has 0 unspecified atom stereocenters. The summed E-state index contributed by atoms with van der Waals surface area (Å²) in [6.07, 6.45) is 5.86. The van der Waals surface area contributed by atoms with Crippen molar-refractivity contribution in [1.29, 1.82) is 0 Å². The lowest BCUT2D eigenvalue weighted by Gasteiger charge is -1.98. The molecule has 0 aromatic carbocycles. The Kier molecular flexibility index (Phi) is 3.69. The van der Waals surface area contributed by atoms with Gasteiger partial charge in [0.05, 0.1) is 6.20 Å². The van der Waals surface area contributed by atoms with E-state index in [0.29, 0.717) is 0 Å². The van der Waals surface area contributed by atoms with Crippen molar-refractivity contribution in [1.82, 2.24) is 10.5 Å². The summed E-state index contributed by atoms with van der Waals surface area (Å²) >= 11 is 0. The van der Waals surface area contributed by atoms with Crippen LogP contribution in [0.1, 0.15) is 25.3 Å². The first-order valence-electron chi connectivity index (χ1n) is 4.02. The molecular weight excluding hydrogens is 140 g/mol. The maximum atomic E-state index is 4.68. The van der Waals surface area contributed by atoms with Gasteiger partial charge < -0.3 is 9.84 Å². The Labute approximate surface area is 66.8 Å². The lowest BCUT2D eigenvalue weighted by Crippen LogP contribution is -2.13. The van der Waals surface area contributed by atoms with Gasteiger partial charge in [0.15, 0.2) is 0 Å². The summed E-state index contributed by atoms with van der Waals surface area (Å²) < 4.78 is 4.68. The van der Waals surface area contributed by atoms with Crippen LogP contribution in [0.15, 0.2) is 17.0 Å². The zero-order chi connectivity index (χ0) is 7.94. The van der Waals surface area contributed by atoms with Crippen molar-refractivity contribution < 1.29 is 4.52 Å². The molecule has 0 aliphatic rings. The van der Waals surface area contributed by atoms with Gasteiger partial charge in [0, 0.05) is 12.1 Å². The quantitative estimate of drug-likeness (QED) is 0.654. The molecule has 1 N–H and O–H groups in total. The summed E-state index contributed by atoms with van der Waals surface area (Å²) in [5, 5.41) is 6.89. The first-order chi connectivity index (χ1) is 5.43. The molecular formula is C8H14N2O. The Morgan fingerprint density at radius 2 is 2.55 bits per heavy atom. The Balaban J connectivity index is 2.04. The van der Waals surface area contributed by atoms with Gasteiger partial charge in [-0.15, -0.1) is 0 Å². The van der Waals surface area contributed by atoms with Gasteiger partial charge in [-0.2, -0.15) is 0 Å². The van der Waals surface area contributed by atoms with Gasteiger partial charge in [-0.1, -0.05) is 18.5 Å². The molecule has 0 saturated heterocycles. The summed E-state index contributed by atoms with van der Waals surface area (Å²) in [5.41, 5.74) is 1.11. The Hall–Kier alpha value is -0.830. The number of hydrogen-bond acceptors (Lipinski definition) is 3. The van der Waals surface area contributed by atoms with E-state index in [0.717, 1.165) is 18.7 Å². The average Bonchev–Trinajstić information content (AvgIpc) is 2.50. The van der Waals surface area contributed by atoms with Crippen molar-refractivity contribution in [3.05, 3.63) is 18.0 Å². The summed E-state index contributed by atoms with van der Waals surface area (Å²) in [4.78, 5) is 0. The number of hydrogen-bond donors (Lipinski definition) is 1. The Morgan fingerprint density at radius 3 is 3.18 bits per heavy atom. The largest absolute Gasteiger partial charge is 0.364 e. The van der Waals surface area contributed by atoms with Crippen LogP contribution >= 0.6 is 0 Å². The number of rotatable bonds is 5. The number of nitrogens with one attached hydrogen (secondary N) is 1. The van der Waals surface area contributed by atoms with Crippen LogP contribution in [0.25, 0.3) is 0 Å². The highest BCUT2D eigenvalue weighted by Crippen LogP contribution is 1.94. The molecule has 0 fully saturated rings. The van der Waals surface area contributed by atoms with E-state index in [2.05, 4.69) is 21.9 Å². The van der Waals surface area contributed by atoms with Crippen molar-refractivity contribution >= 4 is 0 Å². The molecule has 0 saturated carbocycles. The lowest BCUT2D eigenvalue weighted by atomic mass is 10.3. The third-order valence-corrected chi connectivity index (χ3v) is 1.52. The van der Waals surface area contributed by atoms with Crippen molar-refractivity contribution in [3.8, 4) is 0 Å². The van der Waals surface area contributed by atoms with E-state index in [4.69, 9.17) is 0 Å². The van der Waals surface area contributed by atoms with Gasteiger partial charge in [-0.25, -0.2) is 0 Å². The SMILES string of the molecule is CCCCNCc1cnoc1. The topological polar surface area (TPSA) is 38.1 Å². The van der Waals surface area contributed by atoms with Crippen molar-refractivity contribution in [2.45, 2.75) is 26.3 Å². The van der Waals surface area contributed by atoms with E-state index in [1.807, 2.05) is 0 Å². The van der Waals surface area contributed by atoms with E-state index in [1.54, 1.807) is 12.5 Å². The molecule has 0 amide bonds. The third-order valence-electron chi connectivity index (χ3n) is 1.52. The van der Waals surface area contributed by atoms with Crippen LogP contribution in [-0.2, 0) is 6.54 Å². The van der Waals surface area contributed by atoms with E-state index < -0.39 is 0 Å². The molecule has 0 spiro atoms. The van der Waals surface area contributed by atoms with Crippen LogP contribution in [0.2, 0.25) is 0 Å². The second-order valence-corrected chi connectivity index (χ2v) is 2.56. The molecule has 3 heteroatoms.